The zero-order valence-corrected chi connectivity index (χ0v) is 10.3. The van der Waals surface area contributed by atoms with Crippen LogP contribution in [0.3, 0.4) is 0 Å². The van der Waals surface area contributed by atoms with Crippen LogP contribution < -0.4 is 0 Å². The molecule has 3 aromatic rings. The summed E-state index contributed by atoms with van der Waals surface area (Å²) < 4.78 is 1.99. The molecule has 0 saturated heterocycles. The number of hydrogen-bond acceptors (Lipinski definition) is 3. The zero-order valence-electron chi connectivity index (χ0n) is 10.3. The fraction of sp³-hybridized carbons (Fsp3) is 0.0714. The average Bonchev–Trinajstić information content (AvgIpc) is 2.75. The third-order valence-electron chi connectivity index (χ3n) is 3.12. The van der Waals surface area contributed by atoms with Crippen molar-refractivity contribution in [3.8, 4) is 5.69 Å². The Morgan fingerprint density at radius 2 is 1.95 bits per heavy atom. The zero-order chi connectivity index (χ0) is 13.4. The van der Waals surface area contributed by atoms with Crippen LogP contribution in [0.4, 0.5) is 5.69 Å². The predicted octanol–water partition coefficient (Wildman–Crippen LogP) is 3.24. The molecule has 0 amide bonds. The van der Waals surface area contributed by atoms with E-state index in [0.717, 1.165) is 16.9 Å². The van der Waals surface area contributed by atoms with Crippen molar-refractivity contribution in [3.63, 3.8) is 0 Å². The minimum absolute atomic E-state index is 0.133. The number of fused-ring (bicyclic) bond motifs is 1. The van der Waals surface area contributed by atoms with Gasteiger partial charge in [-0.15, -0.1) is 0 Å². The van der Waals surface area contributed by atoms with Gasteiger partial charge in [-0.3, -0.25) is 15.1 Å². The second-order valence-electron chi connectivity index (χ2n) is 4.29. The highest BCUT2D eigenvalue weighted by atomic mass is 16.6. The van der Waals surface area contributed by atoms with Crippen molar-refractivity contribution in [1.29, 1.82) is 0 Å². The number of nitro groups is 1. The van der Waals surface area contributed by atoms with Gasteiger partial charge in [-0.25, -0.2) is 0 Å². The quantitative estimate of drug-likeness (QED) is 0.520. The Hall–Kier alpha value is -2.69. The van der Waals surface area contributed by atoms with Crippen LogP contribution in [0.15, 0.2) is 48.8 Å². The molecular weight excluding hydrogens is 242 g/mol. The molecule has 0 radical (unpaired) electrons. The van der Waals surface area contributed by atoms with E-state index < -0.39 is 0 Å². The molecule has 0 bridgehead atoms. The van der Waals surface area contributed by atoms with E-state index in [4.69, 9.17) is 0 Å². The number of nitrogens with zero attached hydrogens (tertiary/aromatic N) is 3. The summed E-state index contributed by atoms with van der Waals surface area (Å²) in [6.07, 6.45) is 3.41. The van der Waals surface area contributed by atoms with Crippen LogP contribution in [-0.4, -0.2) is 14.5 Å². The van der Waals surface area contributed by atoms with Crippen molar-refractivity contribution in [2.75, 3.05) is 0 Å². The third-order valence-corrected chi connectivity index (χ3v) is 3.12. The predicted molar refractivity (Wildman–Crippen MR) is 72.5 cm³/mol. The van der Waals surface area contributed by atoms with E-state index in [9.17, 15) is 10.1 Å². The Bertz CT molecular complexity index is 763. The summed E-state index contributed by atoms with van der Waals surface area (Å²) in [6.45, 7) is 1.93. The molecule has 0 spiro atoms. The molecule has 0 fully saturated rings. The molecule has 0 aliphatic rings. The number of pyridine rings is 1. The second-order valence-corrected chi connectivity index (χ2v) is 4.29. The third kappa shape index (κ3) is 1.76. The van der Waals surface area contributed by atoms with Crippen LogP contribution in [0.25, 0.3) is 16.6 Å². The van der Waals surface area contributed by atoms with E-state index in [1.165, 1.54) is 6.07 Å². The summed E-state index contributed by atoms with van der Waals surface area (Å²) in [6, 6.07) is 10.7. The number of benzene rings is 1. The maximum atomic E-state index is 11.1. The molecule has 5 nitrogen and oxygen atoms in total. The molecule has 0 N–H and O–H groups in total. The van der Waals surface area contributed by atoms with Crippen molar-refractivity contribution < 1.29 is 4.92 Å². The standard InChI is InChI=1S/C14H11N3O2/c1-10-9-12-13(3-2-4-14(12)17(18)19)16(10)11-5-7-15-8-6-11/h2-9H,1H3. The first kappa shape index (κ1) is 11.4. The molecule has 3 rings (SSSR count). The van der Waals surface area contributed by atoms with E-state index >= 15 is 0 Å². The van der Waals surface area contributed by atoms with Gasteiger partial charge in [0.2, 0.25) is 0 Å². The van der Waals surface area contributed by atoms with Gasteiger partial charge in [-0.05, 0) is 31.2 Å². The molecule has 19 heavy (non-hydrogen) atoms. The molecule has 5 heteroatoms. The lowest BCUT2D eigenvalue weighted by molar-refractivity contribution is -0.383. The topological polar surface area (TPSA) is 61.0 Å². The highest BCUT2D eigenvalue weighted by Crippen LogP contribution is 2.30. The van der Waals surface area contributed by atoms with Gasteiger partial charge in [0.25, 0.3) is 5.69 Å². The van der Waals surface area contributed by atoms with Gasteiger partial charge in [-0.2, -0.15) is 0 Å². The van der Waals surface area contributed by atoms with Gasteiger partial charge < -0.3 is 4.57 Å². The maximum absolute atomic E-state index is 11.1. The fourth-order valence-corrected chi connectivity index (χ4v) is 2.34. The highest BCUT2D eigenvalue weighted by molar-refractivity contribution is 5.91. The van der Waals surface area contributed by atoms with E-state index in [2.05, 4.69) is 4.98 Å². The Balaban J connectivity index is 2.36. The van der Waals surface area contributed by atoms with Gasteiger partial charge in [0.15, 0.2) is 0 Å². The Morgan fingerprint density at radius 3 is 2.63 bits per heavy atom. The van der Waals surface area contributed by atoms with Crippen molar-refractivity contribution in [2.45, 2.75) is 6.92 Å². The SMILES string of the molecule is Cc1cc2c([N+](=O)[O-])cccc2n1-c1ccncc1. The molecule has 0 aliphatic heterocycles. The summed E-state index contributed by atoms with van der Waals surface area (Å²) in [4.78, 5) is 14.7. The van der Waals surface area contributed by atoms with Crippen molar-refractivity contribution in [3.05, 3.63) is 64.6 Å². The van der Waals surface area contributed by atoms with Gasteiger partial charge in [0.05, 0.1) is 15.8 Å². The van der Waals surface area contributed by atoms with Crippen LogP contribution in [0, 0.1) is 17.0 Å². The van der Waals surface area contributed by atoms with Gasteiger partial charge in [0.1, 0.15) is 0 Å². The Labute approximate surface area is 109 Å². The summed E-state index contributed by atoms with van der Waals surface area (Å²) in [7, 11) is 0. The van der Waals surface area contributed by atoms with E-state index in [1.54, 1.807) is 18.5 Å². The lowest BCUT2D eigenvalue weighted by atomic mass is 10.2. The molecule has 2 aromatic heterocycles. The molecular formula is C14H11N3O2. The van der Waals surface area contributed by atoms with E-state index in [-0.39, 0.29) is 10.6 Å². The van der Waals surface area contributed by atoms with Crippen molar-refractivity contribution in [1.82, 2.24) is 9.55 Å². The van der Waals surface area contributed by atoms with Gasteiger partial charge in [-0.1, -0.05) is 6.07 Å². The summed E-state index contributed by atoms with van der Waals surface area (Å²) in [5.41, 5.74) is 2.87. The maximum Gasteiger partial charge on any atom is 0.278 e. The molecule has 94 valence electrons. The second kappa shape index (κ2) is 4.20. The normalized spacial score (nSPS) is 10.8. The van der Waals surface area contributed by atoms with Crippen LogP contribution in [0.2, 0.25) is 0 Å². The molecule has 0 saturated carbocycles. The highest BCUT2D eigenvalue weighted by Gasteiger charge is 2.16. The average molecular weight is 253 g/mol. The van der Waals surface area contributed by atoms with Gasteiger partial charge >= 0.3 is 0 Å². The largest absolute Gasteiger partial charge is 0.314 e. The molecule has 2 heterocycles. The number of rotatable bonds is 2. The number of non-ortho nitro benzene ring substituents is 1. The Morgan fingerprint density at radius 1 is 1.21 bits per heavy atom. The minimum atomic E-state index is -0.349. The number of hydrogen-bond donors (Lipinski definition) is 0. The molecule has 0 aliphatic carbocycles. The van der Waals surface area contributed by atoms with E-state index in [0.29, 0.717) is 5.39 Å². The summed E-state index contributed by atoms with van der Waals surface area (Å²) in [5, 5.41) is 11.7. The lowest BCUT2D eigenvalue weighted by Crippen LogP contribution is -1.96. The number of nitro benzene ring substituents is 1. The summed E-state index contributed by atoms with van der Waals surface area (Å²) >= 11 is 0. The monoisotopic (exact) mass is 253 g/mol. The van der Waals surface area contributed by atoms with Crippen molar-refractivity contribution >= 4 is 16.6 Å². The molecule has 0 unspecified atom stereocenters. The number of aryl methyl sites for hydroxylation is 1. The first-order valence-electron chi connectivity index (χ1n) is 5.84. The number of aromatic nitrogens is 2. The molecule has 0 atom stereocenters. The van der Waals surface area contributed by atoms with Crippen LogP contribution in [0.5, 0.6) is 0 Å². The first-order valence-corrected chi connectivity index (χ1v) is 5.84. The van der Waals surface area contributed by atoms with Crippen LogP contribution in [0.1, 0.15) is 5.69 Å². The smallest absolute Gasteiger partial charge is 0.278 e. The minimum Gasteiger partial charge on any atom is -0.314 e. The fourth-order valence-electron chi connectivity index (χ4n) is 2.34. The summed E-state index contributed by atoms with van der Waals surface area (Å²) in [5.74, 6) is 0. The lowest BCUT2D eigenvalue weighted by Gasteiger charge is -2.07. The van der Waals surface area contributed by atoms with Crippen LogP contribution in [-0.2, 0) is 0 Å². The van der Waals surface area contributed by atoms with Crippen LogP contribution >= 0.6 is 0 Å². The molecule has 1 aromatic carbocycles. The first-order chi connectivity index (χ1) is 9.18. The van der Waals surface area contributed by atoms with E-state index in [1.807, 2.05) is 35.8 Å². The van der Waals surface area contributed by atoms with Crippen molar-refractivity contribution in [2.24, 2.45) is 0 Å². The van der Waals surface area contributed by atoms with Gasteiger partial charge in [0, 0.05) is 29.8 Å². The Kier molecular flexibility index (Phi) is 2.52.